The van der Waals surface area contributed by atoms with Gasteiger partial charge >= 0.3 is 0 Å². The minimum Gasteiger partial charge on any atom is -0.399 e. The van der Waals surface area contributed by atoms with Crippen LogP contribution in [0.25, 0.3) is 0 Å². The average Bonchev–Trinajstić information content (AvgIpc) is 2.42. The van der Waals surface area contributed by atoms with E-state index in [2.05, 4.69) is 12.1 Å². The molecule has 1 aromatic carbocycles. The topological polar surface area (TPSA) is 44.5 Å². The maximum Gasteiger partial charge on any atom is 0.0495 e. The van der Waals surface area contributed by atoms with Crippen molar-refractivity contribution in [3.8, 4) is 0 Å². The van der Waals surface area contributed by atoms with Crippen LogP contribution in [0.5, 0.6) is 0 Å². The minimum absolute atomic E-state index is 0.704. The fraction of sp³-hybridized carbons (Fsp3) is 0.600. The molecule has 0 aliphatic carbocycles. The van der Waals surface area contributed by atoms with E-state index in [0.29, 0.717) is 5.92 Å². The van der Waals surface area contributed by atoms with E-state index in [9.17, 15) is 0 Å². The monoisotopic (exact) mass is 249 g/mol. The summed E-state index contributed by atoms with van der Waals surface area (Å²) in [6.45, 7) is 3.55. The van der Waals surface area contributed by atoms with Crippen molar-refractivity contribution in [3.05, 3.63) is 29.8 Å². The molecule has 2 N–H and O–H groups in total. The highest BCUT2D eigenvalue weighted by molar-refractivity contribution is 5.39. The standard InChI is InChI=1S/C15H23NO2/c16-15-5-3-13(4-6-15)2-1-9-18-12-14-7-10-17-11-8-14/h3-6,14H,1-2,7-12,16H2. The van der Waals surface area contributed by atoms with Crippen LogP contribution in [0.15, 0.2) is 24.3 Å². The number of anilines is 1. The molecule has 1 aromatic rings. The molecule has 3 nitrogen and oxygen atoms in total. The molecule has 3 heteroatoms. The van der Waals surface area contributed by atoms with Crippen LogP contribution in [0.4, 0.5) is 5.69 Å². The molecule has 0 aromatic heterocycles. The largest absolute Gasteiger partial charge is 0.399 e. The van der Waals surface area contributed by atoms with Gasteiger partial charge < -0.3 is 15.2 Å². The summed E-state index contributed by atoms with van der Waals surface area (Å²) in [5.41, 5.74) is 7.81. The summed E-state index contributed by atoms with van der Waals surface area (Å²) in [5, 5.41) is 0. The van der Waals surface area contributed by atoms with Crippen LogP contribution in [-0.4, -0.2) is 26.4 Å². The molecule has 0 saturated carbocycles. The lowest BCUT2D eigenvalue weighted by Crippen LogP contribution is -2.20. The molecule has 1 fully saturated rings. The van der Waals surface area contributed by atoms with Crippen molar-refractivity contribution in [1.29, 1.82) is 0 Å². The van der Waals surface area contributed by atoms with E-state index >= 15 is 0 Å². The zero-order chi connectivity index (χ0) is 12.6. The van der Waals surface area contributed by atoms with E-state index < -0.39 is 0 Å². The first kappa shape index (κ1) is 13.4. The summed E-state index contributed by atoms with van der Waals surface area (Å²) in [6.07, 6.45) is 4.44. The second-order valence-electron chi connectivity index (χ2n) is 4.98. The lowest BCUT2D eigenvalue weighted by Gasteiger charge is -2.21. The molecule has 1 saturated heterocycles. The Morgan fingerprint density at radius 2 is 1.89 bits per heavy atom. The molecule has 0 unspecified atom stereocenters. The summed E-state index contributed by atoms with van der Waals surface area (Å²) in [7, 11) is 0. The Bertz CT molecular complexity index is 331. The molecule has 1 aliphatic rings. The molecule has 100 valence electrons. The Morgan fingerprint density at radius 1 is 1.17 bits per heavy atom. The molecule has 0 atom stereocenters. The zero-order valence-electron chi connectivity index (χ0n) is 10.9. The Morgan fingerprint density at radius 3 is 2.61 bits per heavy atom. The van der Waals surface area contributed by atoms with Gasteiger partial charge in [0.15, 0.2) is 0 Å². The van der Waals surface area contributed by atoms with Gasteiger partial charge in [-0.05, 0) is 49.3 Å². The van der Waals surface area contributed by atoms with Crippen LogP contribution in [0, 0.1) is 5.92 Å². The van der Waals surface area contributed by atoms with Crippen LogP contribution in [0.3, 0.4) is 0 Å². The van der Waals surface area contributed by atoms with Crippen molar-refractivity contribution >= 4 is 5.69 Å². The van der Waals surface area contributed by atoms with E-state index in [1.165, 1.54) is 5.56 Å². The number of nitrogens with two attached hydrogens (primary N) is 1. The van der Waals surface area contributed by atoms with Crippen LogP contribution < -0.4 is 5.73 Å². The van der Waals surface area contributed by atoms with Gasteiger partial charge in [-0.3, -0.25) is 0 Å². The quantitative estimate of drug-likeness (QED) is 0.622. The first-order valence-corrected chi connectivity index (χ1v) is 6.84. The zero-order valence-corrected chi connectivity index (χ0v) is 10.9. The normalized spacial score (nSPS) is 16.9. The lowest BCUT2D eigenvalue weighted by molar-refractivity contribution is 0.0202. The molecule has 0 radical (unpaired) electrons. The molecular formula is C15H23NO2. The SMILES string of the molecule is Nc1ccc(CCCOCC2CCOCC2)cc1. The fourth-order valence-electron chi connectivity index (χ4n) is 2.23. The molecule has 0 bridgehead atoms. The molecule has 2 rings (SSSR count). The third-order valence-electron chi connectivity index (χ3n) is 3.43. The van der Waals surface area contributed by atoms with Crippen LogP contribution in [0.2, 0.25) is 0 Å². The van der Waals surface area contributed by atoms with Gasteiger partial charge in [-0.1, -0.05) is 12.1 Å². The number of hydrogen-bond acceptors (Lipinski definition) is 3. The number of ether oxygens (including phenoxy) is 2. The van der Waals surface area contributed by atoms with Crippen molar-refractivity contribution in [2.24, 2.45) is 5.92 Å². The predicted octanol–water partition coefficient (Wildman–Crippen LogP) is 2.64. The molecule has 0 spiro atoms. The van der Waals surface area contributed by atoms with E-state index in [4.69, 9.17) is 15.2 Å². The van der Waals surface area contributed by atoms with Crippen molar-refractivity contribution in [1.82, 2.24) is 0 Å². The van der Waals surface area contributed by atoms with E-state index in [1.807, 2.05) is 12.1 Å². The summed E-state index contributed by atoms with van der Waals surface area (Å²) in [6, 6.07) is 8.10. The van der Waals surface area contributed by atoms with Gasteiger partial charge in [-0.2, -0.15) is 0 Å². The van der Waals surface area contributed by atoms with Gasteiger partial charge in [-0.25, -0.2) is 0 Å². The summed E-state index contributed by atoms with van der Waals surface area (Å²) >= 11 is 0. The van der Waals surface area contributed by atoms with Crippen LogP contribution in [-0.2, 0) is 15.9 Å². The third-order valence-corrected chi connectivity index (χ3v) is 3.43. The molecule has 1 aliphatic heterocycles. The number of nitrogen functional groups attached to an aromatic ring is 1. The highest BCUT2D eigenvalue weighted by Crippen LogP contribution is 2.15. The van der Waals surface area contributed by atoms with Gasteiger partial charge in [0.05, 0.1) is 0 Å². The van der Waals surface area contributed by atoms with Gasteiger partial charge in [0, 0.05) is 32.1 Å². The van der Waals surface area contributed by atoms with E-state index in [1.54, 1.807) is 0 Å². The Labute approximate surface area is 109 Å². The number of benzene rings is 1. The lowest BCUT2D eigenvalue weighted by atomic mass is 10.0. The average molecular weight is 249 g/mol. The number of hydrogen-bond donors (Lipinski definition) is 1. The summed E-state index contributed by atoms with van der Waals surface area (Å²) in [5.74, 6) is 0.704. The van der Waals surface area contributed by atoms with Crippen molar-refractivity contribution in [2.75, 3.05) is 32.2 Å². The van der Waals surface area contributed by atoms with Gasteiger partial charge in [0.25, 0.3) is 0 Å². The Balaban J connectivity index is 1.54. The smallest absolute Gasteiger partial charge is 0.0495 e. The van der Waals surface area contributed by atoms with Crippen LogP contribution in [0.1, 0.15) is 24.8 Å². The van der Waals surface area contributed by atoms with Gasteiger partial charge in [0.1, 0.15) is 0 Å². The summed E-state index contributed by atoms with van der Waals surface area (Å²) < 4.78 is 11.1. The Kier molecular flexibility index (Phi) is 5.49. The van der Waals surface area contributed by atoms with Gasteiger partial charge in [0.2, 0.25) is 0 Å². The molecule has 18 heavy (non-hydrogen) atoms. The summed E-state index contributed by atoms with van der Waals surface area (Å²) in [4.78, 5) is 0. The fourth-order valence-corrected chi connectivity index (χ4v) is 2.23. The highest BCUT2D eigenvalue weighted by atomic mass is 16.5. The molecule has 1 heterocycles. The first-order chi connectivity index (χ1) is 8.84. The van der Waals surface area contributed by atoms with Crippen molar-refractivity contribution in [2.45, 2.75) is 25.7 Å². The van der Waals surface area contributed by atoms with E-state index in [0.717, 1.165) is 57.8 Å². The first-order valence-electron chi connectivity index (χ1n) is 6.84. The molecular weight excluding hydrogens is 226 g/mol. The van der Waals surface area contributed by atoms with Crippen LogP contribution >= 0.6 is 0 Å². The number of aryl methyl sites for hydroxylation is 1. The highest BCUT2D eigenvalue weighted by Gasteiger charge is 2.13. The van der Waals surface area contributed by atoms with Crippen molar-refractivity contribution < 1.29 is 9.47 Å². The maximum atomic E-state index is 5.74. The predicted molar refractivity (Wildman–Crippen MR) is 73.5 cm³/mol. The minimum atomic E-state index is 0.704. The third kappa shape index (κ3) is 4.67. The number of rotatable bonds is 6. The van der Waals surface area contributed by atoms with E-state index in [-0.39, 0.29) is 0 Å². The molecule has 0 amide bonds. The van der Waals surface area contributed by atoms with Gasteiger partial charge in [-0.15, -0.1) is 0 Å². The van der Waals surface area contributed by atoms with Crippen molar-refractivity contribution in [3.63, 3.8) is 0 Å². The second-order valence-corrected chi connectivity index (χ2v) is 4.98. The Hall–Kier alpha value is -1.06. The second kappa shape index (κ2) is 7.39. The maximum absolute atomic E-state index is 5.74.